The highest BCUT2D eigenvalue weighted by molar-refractivity contribution is 5.92. The Morgan fingerprint density at radius 2 is 1.84 bits per heavy atom. The van der Waals surface area contributed by atoms with Crippen LogP contribution in [-0.4, -0.2) is 18.1 Å². The van der Waals surface area contributed by atoms with E-state index >= 15 is 0 Å². The number of nitrogens with one attached hydrogen (secondary N) is 1. The molecular weight excluding hydrogens is 242 g/mol. The smallest absolute Gasteiger partial charge is 0.228 e. The fraction of sp³-hybridized carbons (Fsp3) is 0.133. The van der Waals surface area contributed by atoms with Gasteiger partial charge in [-0.3, -0.25) is 4.79 Å². The van der Waals surface area contributed by atoms with Gasteiger partial charge in [0.15, 0.2) is 0 Å². The number of phenols is 1. The standard InChI is InChI=1S/C15H15NO3/c1-19-13-8-6-12(7-9-13)16-15(18)10-11-4-2-3-5-14(11)17/h2-9,17H,10H2,1H3,(H,16,18). The molecule has 0 fully saturated rings. The fourth-order valence-corrected chi connectivity index (χ4v) is 1.71. The molecule has 2 aromatic rings. The van der Waals surface area contributed by atoms with Crippen molar-refractivity contribution in [1.29, 1.82) is 0 Å². The van der Waals surface area contributed by atoms with Crippen LogP contribution in [0.5, 0.6) is 11.5 Å². The topological polar surface area (TPSA) is 58.6 Å². The first-order valence-corrected chi connectivity index (χ1v) is 5.90. The molecule has 0 atom stereocenters. The molecule has 19 heavy (non-hydrogen) atoms. The minimum Gasteiger partial charge on any atom is -0.508 e. The van der Waals surface area contributed by atoms with Crippen molar-refractivity contribution in [2.45, 2.75) is 6.42 Å². The van der Waals surface area contributed by atoms with Crippen molar-refractivity contribution in [2.75, 3.05) is 12.4 Å². The third-order valence-corrected chi connectivity index (χ3v) is 2.72. The number of carbonyl (C=O) groups is 1. The van der Waals surface area contributed by atoms with Gasteiger partial charge in [-0.2, -0.15) is 0 Å². The average Bonchev–Trinajstić information content (AvgIpc) is 2.42. The van der Waals surface area contributed by atoms with Gasteiger partial charge in [0, 0.05) is 11.3 Å². The van der Waals surface area contributed by atoms with Crippen LogP contribution >= 0.6 is 0 Å². The molecule has 0 radical (unpaired) electrons. The molecular formula is C15H15NO3. The third-order valence-electron chi connectivity index (χ3n) is 2.72. The molecule has 0 heterocycles. The molecule has 98 valence electrons. The van der Waals surface area contributed by atoms with Gasteiger partial charge in [0.05, 0.1) is 13.5 Å². The minimum atomic E-state index is -0.174. The van der Waals surface area contributed by atoms with Gasteiger partial charge in [-0.15, -0.1) is 0 Å². The number of aromatic hydroxyl groups is 1. The van der Waals surface area contributed by atoms with Gasteiger partial charge in [0.25, 0.3) is 0 Å². The maximum atomic E-state index is 11.8. The Labute approximate surface area is 111 Å². The Hall–Kier alpha value is -2.49. The molecule has 0 aliphatic carbocycles. The fourth-order valence-electron chi connectivity index (χ4n) is 1.71. The molecule has 1 amide bonds. The van der Waals surface area contributed by atoms with Gasteiger partial charge in [-0.1, -0.05) is 18.2 Å². The van der Waals surface area contributed by atoms with E-state index in [4.69, 9.17) is 4.74 Å². The van der Waals surface area contributed by atoms with Crippen molar-refractivity contribution >= 4 is 11.6 Å². The van der Waals surface area contributed by atoms with Gasteiger partial charge >= 0.3 is 0 Å². The summed E-state index contributed by atoms with van der Waals surface area (Å²) >= 11 is 0. The number of para-hydroxylation sites is 1. The van der Waals surface area contributed by atoms with Crippen molar-refractivity contribution in [3.05, 3.63) is 54.1 Å². The van der Waals surface area contributed by atoms with Crippen LogP contribution in [0.3, 0.4) is 0 Å². The first kappa shape index (κ1) is 13.0. The van der Waals surface area contributed by atoms with Gasteiger partial charge in [-0.05, 0) is 30.3 Å². The molecule has 2 N–H and O–H groups in total. The predicted molar refractivity (Wildman–Crippen MR) is 73.4 cm³/mol. The lowest BCUT2D eigenvalue weighted by Crippen LogP contribution is -2.14. The molecule has 0 aromatic heterocycles. The summed E-state index contributed by atoms with van der Waals surface area (Å²) < 4.78 is 5.04. The first-order valence-electron chi connectivity index (χ1n) is 5.90. The molecule has 2 rings (SSSR count). The van der Waals surface area contributed by atoms with Crippen molar-refractivity contribution in [3.63, 3.8) is 0 Å². The van der Waals surface area contributed by atoms with E-state index in [1.54, 1.807) is 55.6 Å². The molecule has 0 unspecified atom stereocenters. The van der Waals surface area contributed by atoms with E-state index in [9.17, 15) is 9.90 Å². The van der Waals surface area contributed by atoms with Gasteiger partial charge < -0.3 is 15.2 Å². The van der Waals surface area contributed by atoms with Crippen molar-refractivity contribution < 1.29 is 14.6 Å². The number of methoxy groups -OCH3 is 1. The summed E-state index contributed by atoms with van der Waals surface area (Å²) in [6.45, 7) is 0. The number of benzene rings is 2. The second kappa shape index (κ2) is 5.91. The van der Waals surface area contributed by atoms with E-state index in [1.807, 2.05) is 0 Å². The molecule has 4 heteroatoms. The summed E-state index contributed by atoms with van der Waals surface area (Å²) in [6.07, 6.45) is 0.138. The summed E-state index contributed by atoms with van der Waals surface area (Å²) in [6, 6.07) is 13.9. The third kappa shape index (κ3) is 3.48. The van der Waals surface area contributed by atoms with Crippen LogP contribution in [0.25, 0.3) is 0 Å². The molecule has 0 saturated heterocycles. The quantitative estimate of drug-likeness (QED) is 0.885. The van der Waals surface area contributed by atoms with Gasteiger partial charge in [0.2, 0.25) is 5.91 Å². The summed E-state index contributed by atoms with van der Waals surface area (Å²) in [7, 11) is 1.59. The highest BCUT2D eigenvalue weighted by atomic mass is 16.5. The van der Waals surface area contributed by atoms with E-state index in [0.29, 0.717) is 11.3 Å². The molecule has 0 aliphatic rings. The Balaban J connectivity index is 1.99. The van der Waals surface area contributed by atoms with Crippen LogP contribution in [-0.2, 0) is 11.2 Å². The predicted octanol–water partition coefficient (Wildman–Crippen LogP) is 2.58. The van der Waals surface area contributed by atoms with Crippen LogP contribution in [0.4, 0.5) is 5.69 Å². The summed E-state index contributed by atoms with van der Waals surface area (Å²) in [5, 5.41) is 12.4. The minimum absolute atomic E-state index is 0.132. The number of anilines is 1. The lowest BCUT2D eigenvalue weighted by molar-refractivity contribution is -0.115. The second-order valence-corrected chi connectivity index (χ2v) is 4.08. The van der Waals surface area contributed by atoms with Gasteiger partial charge in [0.1, 0.15) is 11.5 Å². The molecule has 2 aromatic carbocycles. The Morgan fingerprint density at radius 1 is 1.16 bits per heavy atom. The first-order chi connectivity index (χ1) is 9.19. The maximum absolute atomic E-state index is 11.8. The summed E-state index contributed by atoms with van der Waals surface area (Å²) in [4.78, 5) is 11.8. The monoisotopic (exact) mass is 257 g/mol. The van der Waals surface area contributed by atoms with Crippen LogP contribution in [0.1, 0.15) is 5.56 Å². The van der Waals surface area contributed by atoms with E-state index in [-0.39, 0.29) is 18.1 Å². The SMILES string of the molecule is COc1ccc(NC(=O)Cc2ccccc2O)cc1. The molecule has 0 saturated carbocycles. The lowest BCUT2D eigenvalue weighted by atomic mass is 10.1. The summed E-state index contributed by atoms with van der Waals surface area (Å²) in [5.74, 6) is 0.692. The zero-order valence-corrected chi connectivity index (χ0v) is 10.6. The number of phenolic OH excluding ortho intramolecular Hbond substituents is 1. The highest BCUT2D eigenvalue weighted by Crippen LogP contribution is 2.18. The normalized spacial score (nSPS) is 9.95. The molecule has 0 aliphatic heterocycles. The van der Waals surface area contributed by atoms with Crippen LogP contribution < -0.4 is 10.1 Å². The Morgan fingerprint density at radius 3 is 2.47 bits per heavy atom. The number of ether oxygens (including phenoxy) is 1. The number of hydrogen-bond acceptors (Lipinski definition) is 3. The van der Waals surface area contributed by atoms with Crippen LogP contribution in [0.2, 0.25) is 0 Å². The van der Waals surface area contributed by atoms with E-state index < -0.39 is 0 Å². The van der Waals surface area contributed by atoms with E-state index in [0.717, 1.165) is 5.75 Å². The van der Waals surface area contributed by atoms with Crippen LogP contribution in [0, 0.1) is 0 Å². The highest BCUT2D eigenvalue weighted by Gasteiger charge is 2.07. The zero-order valence-electron chi connectivity index (χ0n) is 10.6. The van der Waals surface area contributed by atoms with Crippen molar-refractivity contribution in [3.8, 4) is 11.5 Å². The number of carbonyl (C=O) groups excluding carboxylic acids is 1. The number of amides is 1. The molecule has 0 spiro atoms. The zero-order chi connectivity index (χ0) is 13.7. The van der Waals surface area contributed by atoms with Gasteiger partial charge in [-0.25, -0.2) is 0 Å². The molecule has 0 bridgehead atoms. The number of hydrogen-bond donors (Lipinski definition) is 2. The van der Waals surface area contributed by atoms with Crippen molar-refractivity contribution in [1.82, 2.24) is 0 Å². The number of rotatable bonds is 4. The maximum Gasteiger partial charge on any atom is 0.228 e. The van der Waals surface area contributed by atoms with E-state index in [2.05, 4.69) is 5.32 Å². The van der Waals surface area contributed by atoms with Crippen molar-refractivity contribution in [2.24, 2.45) is 0 Å². The van der Waals surface area contributed by atoms with Crippen LogP contribution in [0.15, 0.2) is 48.5 Å². The second-order valence-electron chi connectivity index (χ2n) is 4.08. The molecule has 4 nitrogen and oxygen atoms in total. The largest absolute Gasteiger partial charge is 0.508 e. The lowest BCUT2D eigenvalue weighted by Gasteiger charge is -2.07. The Kier molecular flexibility index (Phi) is 4.03. The Bertz CT molecular complexity index is 564. The average molecular weight is 257 g/mol. The van der Waals surface area contributed by atoms with E-state index in [1.165, 1.54) is 0 Å². The summed E-state index contributed by atoms with van der Waals surface area (Å²) in [5.41, 5.74) is 1.30.